The molecule has 22 heavy (non-hydrogen) atoms. The van der Waals surface area contributed by atoms with Crippen LogP contribution >= 0.6 is 0 Å². The Morgan fingerprint density at radius 3 is 2.36 bits per heavy atom. The van der Waals surface area contributed by atoms with Gasteiger partial charge in [-0.15, -0.1) is 0 Å². The van der Waals surface area contributed by atoms with Gasteiger partial charge in [-0.3, -0.25) is 4.79 Å². The Labute approximate surface area is 130 Å². The van der Waals surface area contributed by atoms with E-state index in [4.69, 9.17) is 14.2 Å². The van der Waals surface area contributed by atoms with Gasteiger partial charge >= 0.3 is 5.97 Å². The highest BCUT2D eigenvalue weighted by molar-refractivity contribution is 5.92. The van der Waals surface area contributed by atoms with Gasteiger partial charge in [0.1, 0.15) is 0 Å². The summed E-state index contributed by atoms with van der Waals surface area (Å²) in [6.45, 7) is 6.89. The van der Waals surface area contributed by atoms with E-state index in [2.05, 4.69) is 5.32 Å². The van der Waals surface area contributed by atoms with E-state index in [1.165, 1.54) is 0 Å². The second-order valence-corrected chi connectivity index (χ2v) is 4.45. The van der Waals surface area contributed by atoms with Crippen LogP contribution in [0.4, 0.5) is 0 Å². The van der Waals surface area contributed by atoms with Crippen LogP contribution in [0.25, 0.3) is 0 Å². The first kappa shape index (κ1) is 17.8. The number of hydrogen-bond donors (Lipinski definition) is 1. The van der Waals surface area contributed by atoms with Crippen molar-refractivity contribution in [3.05, 3.63) is 23.8 Å². The maximum atomic E-state index is 11.9. The first-order valence-electron chi connectivity index (χ1n) is 7.45. The van der Waals surface area contributed by atoms with Crippen LogP contribution in [0.1, 0.15) is 37.6 Å². The number of amides is 1. The summed E-state index contributed by atoms with van der Waals surface area (Å²) < 4.78 is 15.8. The van der Waals surface area contributed by atoms with Gasteiger partial charge in [0, 0.05) is 6.54 Å². The first-order chi connectivity index (χ1) is 10.6. The van der Waals surface area contributed by atoms with Gasteiger partial charge in [0.05, 0.1) is 18.8 Å². The van der Waals surface area contributed by atoms with Gasteiger partial charge in [0.15, 0.2) is 18.1 Å². The summed E-state index contributed by atoms with van der Waals surface area (Å²) >= 11 is 0. The standard InChI is InChI=1S/C16H23NO5/c1-4-9-17-15(18)11-22-16(19)12-7-8-13(20-5-2)14(10-12)21-6-3/h7-8,10H,4-6,9,11H2,1-3H3,(H,17,18). The Bertz CT molecular complexity index is 501. The molecule has 0 aliphatic heterocycles. The van der Waals surface area contributed by atoms with Crippen LogP contribution in [0.5, 0.6) is 11.5 Å². The molecule has 0 heterocycles. The highest BCUT2D eigenvalue weighted by Crippen LogP contribution is 2.28. The summed E-state index contributed by atoms with van der Waals surface area (Å²) in [6, 6.07) is 4.79. The van der Waals surface area contributed by atoms with Crippen molar-refractivity contribution in [3.63, 3.8) is 0 Å². The lowest BCUT2D eigenvalue weighted by Gasteiger charge is -2.12. The minimum atomic E-state index is -0.573. The van der Waals surface area contributed by atoms with Crippen LogP contribution in [0.2, 0.25) is 0 Å². The smallest absolute Gasteiger partial charge is 0.338 e. The quantitative estimate of drug-likeness (QED) is 0.708. The van der Waals surface area contributed by atoms with Crippen molar-refractivity contribution in [3.8, 4) is 11.5 Å². The molecule has 0 bridgehead atoms. The van der Waals surface area contributed by atoms with Crippen LogP contribution in [0.3, 0.4) is 0 Å². The third-order valence-corrected chi connectivity index (χ3v) is 2.69. The topological polar surface area (TPSA) is 73.9 Å². The van der Waals surface area contributed by atoms with Crippen LogP contribution in [-0.4, -0.2) is 38.2 Å². The highest BCUT2D eigenvalue weighted by atomic mass is 16.5. The Kier molecular flexibility index (Phi) is 7.81. The summed E-state index contributed by atoms with van der Waals surface area (Å²) in [7, 11) is 0. The molecule has 0 saturated heterocycles. The molecular weight excluding hydrogens is 286 g/mol. The van der Waals surface area contributed by atoms with E-state index in [0.717, 1.165) is 6.42 Å². The summed E-state index contributed by atoms with van der Waals surface area (Å²) in [5.74, 6) is 0.164. The third-order valence-electron chi connectivity index (χ3n) is 2.69. The third kappa shape index (κ3) is 5.63. The lowest BCUT2D eigenvalue weighted by atomic mass is 10.2. The van der Waals surface area contributed by atoms with E-state index < -0.39 is 5.97 Å². The number of esters is 1. The molecule has 6 nitrogen and oxygen atoms in total. The molecule has 1 rings (SSSR count). The highest BCUT2D eigenvalue weighted by Gasteiger charge is 2.14. The molecule has 0 saturated carbocycles. The minimum Gasteiger partial charge on any atom is -0.490 e. The Morgan fingerprint density at radius 1 is 1.05 bits per heavy atom. The number of benzene rings is 1. The van der Waals surface area contributed by atoms with Crippen molar-refractivity contribution in [2.75, 3.05) is 26.4 Å². The fourth-order valence-corrected chi connectivity index (χ4v) is 1.71. The van der Waals surface area contributed by atoms with Crippen LogP contribution in [0, 0.1) is 0 Å². The average molecular weight is 309 g/mol. The van der Waals surface area contributed by atoms with Crippen molar-refractivity contribution >= 4 is 11.9 Å². The monoisotopic (exact) mass is 309 g/mol. The molecule has 1 aromatic rings. The molecule has 0 aromatic heterocycles. The van der Waals surface area contributed by atoms with Gasteiger partial charge in [0.25, 0.3) is 5.91 Å². The molecule has 0 aliphatic carbocycles. The second kappa shape index (κ2) is 9.65. The molecule has 0 radical (unpaired) electrons. The van der Waals surface area contributed by atoms with E-state index in [-0.39, 0.29) is 12.5 Å². The molecule has 0 spiro atoms. The van der Waals surface area contributed by atoms with Gasteiger partial charge in [-0.2, -0.15) is 0 Å². The predicted molar refractivity (Wildman–Crippen MR) is 82.4 cm³/mol. The largest absolute Gasteiger partial charge is 0.490 e. The zero-order valence-corrected chi connectivity index (χ0v) is 13.3. The fourth-order valence-electron chi connectivity index (χ4n) is 1.71. The number of carbonyl (C=O) groups excluding carboxylic acids is 2. The van der Waals surface area contributed by atoms with Crippen molar-refractivity contribution < 1.29 is 23.8 Å². The number of nitrogens with one attached hydrogen (secondary N) is 1. The van der Waals surface area contributed by atoms with E-state index in [1.54, 1.807) is 18.2 Å². The zero-order chi connectivity index (χ0) is 16.4. The second-order valence-electron chi connectivity index (χ2n) is 4.45. The van der Waals surface area contributed by atoms with Crippen LogP contribution < -0.4 is 14.8 Å². The van der Waals surface area contributed by atoms with Gasteiger partial charge in [-0.1, -0.05) is 6.92 Å². The molecular formula is C16H23NO5. The lowest BCUT2D eigenvalue weighted by molar-refractivity contribution is -0.124. The van der Waals surface area contributed by atoms with Crippen molar-refractivity contribution in [2.24, 2.45) is 0 Å². The van der Waals surface area contributed by atoms with E-state index in [9.17, 15) is 9.59 Å². The molecule has 122 valence electrons. The normalized spacial score (nSPS) is 9.95. The van der Waals surface area contributed by atoms with Gasteiger partial charge in [-0.05, 0) is 38.5 Å². The Hall–Kier alpha value is -2.24. The fraction of sp³-hybridized carbons (Fsp3) is 0.500. The Morgan fingerprint density at radius 2 is 1.73 bits per heavy atom. The molecule has 0 aliphatic rings. The molecule has 0 atom stereocenters. The predicted octanol–water partition coefficient (Wildman–Crippen LogP) is 2.17. The van der Waals surface area contributed by atoms with Crippen molar-refractivity contribution in [2.45, 2.75) is 27.2 Å². The number of rotatable bonds is 9. The molecule has 1 amide bonds. The molecule has 1 N–H and O–H groups in total. The van der Waals surface area contributed by atoms with Gasteiger partial charge in [-0.25, -0.2) is 4.79 Å². The molecule has 0 fully saturated rings. The van der Waals surface area contributed by atoms with Gasteiger partial charge in [0.2, 0.25) is 0 Å². The van der Waals surface area contributed by atoms with E-state index in [0.29, 0.717) is 36.8 Å². The summed E-state index contributed by atoms with van der Waals surface area (Å²) in [6.07, 6.45) is 0.830. The van der Waals surface area contributed by atoms with Crippen LogP contribution in [-0.2, 0) is 9.53 Å². The molecule has 0 unspecified atom stereocenters. The molecule has 1 aromatic carbocycles. The average Bonchev–Trinajstić information content (AvgIpc) is 2.52. The van der Waals surface area contributed by atoms with Crippen LogP contribution in [0.15, 0.2) is 18.2 Å². The molecule has 6 heteroatoms. The minimum absolute atomic E-state index is 0.296. The van der Waals surface area contributed by atoms with Gasteiger partial charge < -0.3 is 19.5 Å². The Balaban J connectivity index is 2.68. The lowest BCUT2D eigenvalue weighted by Crippen LogP contribution is -2.29. The maximum Gasteiger partial charge on any atom is 0.338 e. The van der Waals surface area contributed by atoms with E-state index in [1.807, 2.05) is 20.8 Å². The summed E-state index contributed by atoms with van der Waals surface area (Å²) in [4.78, 5) is 23.4. The maximum absolute atomic E-state index is 11.9. The zero-order valence-electron chi connectivity index (χ0n) is 13.3. The SMILES string of the molecule is CCCNC(=O)COC(=O)c1ccc(OCC)c(OCC)c1. The summed E-state index contributed by atoms with van der Waals surface area (Å²) in [5.41, 5.74) is 0.315. The number of ether oxygens (including phenoxy) is 3. The summed E-state index contributed by atoms with van der Waals surface area (Å²) in [5, 5.41) is 2.64. The van der Waals surface area contributed by atoms with E-state index >= 15 is 0 Å². The first-order valence-corrected chi connectivity index (χ1v) is 7.45. The van der Waals surface area contributed by atoms with Crippen molar-refractivity contribution in [1.82, 2.24) is 5.32 Å². The van der Waals surface area contributed by atoms with Crippen molar-refractivity contribution in [1.29, 1.82) is 0 Å². The number of hydrogen-bond acceptors (Lipinski definition) is 5. The number of carbonyl (C=O) groups is 2.